The molecule has 0 spiro atoms. The fourth-order valence-corrected chi connectivity index (χ4v) is 3.88. The number of nitrogens with zero attached hydrogens (tertiary/aromatic N) is 3. The number of benzene rings is 2. The summed E-state index contributed by atoms with van der Waals surface area (Å²) >= 11 is 7.49. The minimum atomic E-state index is 0.00583. The van der Waals surface area contributed by atoms with Crippen LogP contribution in [0.5, 0.6) is 0 Å². The number of carbonyl (C=O) groups excluding carboxylic acids is 1. The van der Waals surface area contributed by atoms with Gasteiger partial charge in [0.15, 0.2) is 0 Å². The van der Waals surface area contributed by atoms with Crippen LogP contribution in [0.4, 0.5) is 5.82 Å². The number of carbonyl (C=O) groups is 1. The molecular formula is C22H22ClN5OS. The van der Waals surface area contributed by atoms with Gasteiger partial charge in [-0.25, -0.2) is 4.68 Å². The number of anilines is 1. The average Bonchev–Trinajstić information content (AvgIpc) is 3.08. The molecule has 2 aromatic carbocycles. The van der Waals surface area contributed by atoms with E-state index in [1.54, 1.807) is 16.4 Å². The highest BCUT2D eigenvalue weighted by molar-refractivity contribution is 7.99. The number of hydrogen-bond donors (Lipinski definition) is 2. The minimum Gasteiger partial charge on any atom is -0.382 e. The summed E-state index contributed by atoms with van der Waals surface area (Å²) in [6.07, 6.45) is 1.68. The quantitative estimate of drug-likeness (QED) is 0.384. The number of hydrogen-bond acceptors (Lipinski definition) is 5. The Labute approximate surface area is 185 Å². The van der Waals surface area contributed by atoms with Crippen LogP contribution in [0.25, 0.3) is 5.69 Å². The Morgan fingerprint density at radius 1 is 1.20 bits per heavy atom. The van der Waals surface area contributed by atoms with Gasteiger partial charge in [0.1, 0.15) is 17.5 Å². The largest absolute Gasteiger partial charge is 0.382 e. The third-order valence-electron chi connectivity index (χ3n) is 4.43. The standard InChI is InChI=1S/C22H22ClN5OS/c23-16-8-10-18(11-9-16)30-14-12-21(29)26-13-4-7-20-19(15-24)22(25)28(27-20)17-5-2-1-3-6-17/h1-3,5-6,8-11H,4,7,12-14,25H2,(H,26,29). The summed E-state index contributed by atoms with van der Waals surface area (Å²) in [6.45, 7) is 0.521. The molecular weight excluding hydrogens is 418 g/mol. The van der Waals surface area contributed by atoms with Crippen LogP contribution in [0.1, 0.15) is 24.1 Å². The van der Waals surface area contributed by atoms with Gasteiger partial charge in [0.05, 0.1) is 11.4 Å². The molecule has 0 unspecified atom stereocenters. The number of nitriles is 1. The summed E-state index contributed by atoms with van der Waals surface area (Å²) in [4.78, 5) is 13.1. The fourth-order valence-electron chi connectivity index (χ4n) is 2.91. The Bertz CT molecular complexity index is 1030. The molecule has 0 radical (unpaired) electrons. The topological polar surface area (TPSA) is 96.7 Å². The van der Waals surface area contributed by atoms with Crippen LogP contribution >= 0.6 is 23.4 Å². The second-order valence-electron chi connectivity index (χ2n) is 6.57. The summed E-state index contributed by atoms with van der Waals surface area (Å²) in [6, 6.07) is 19.2. The van der Waals surface area contributed by atoms with Crippen molar-refractivity contribution in [3.63, 3.8) is 0 Å². The maximum atomic E-state index is 12.0. The van der Waals surface area contributed by atoms with Crippen LogP contribution in [-0.2, 0) is 11.2 Å². The van der Waals surface area contributed by atoms with Gasteiger partial charge in [-0.05, 0) is 49.2 Å². The summed E-state index contributed by atoms with van der Waals surface area (Å²) in [5.74, 6) is 1.04. The molecule has 1 aromatic heterocycles. The number of rotatable bonds is 9. The van der Waals surface area contributed by atoms with Crippen molar-refractivity contribution in [2.45, 2.75) is 24.2 Å². The van der Waals surface area contributed by atoms with Crippen molar-refractivity contribution in [1.82, 2.24) is 15.1 Å². The second kappa shape index (κ2) is 10.7. The molecule has 0 atom stereocenters. The van der Waals surface area contributed by atoms with E-state index in [9.17, 15) is 10.1 Å². The zero-order valence-corrected chi connectivity index (χ0v) is 17.9. The molecule has 0 aliphatic carbocycles. The highest BCUT2D eigenvalue weighted by Crippen LogP contribution is 2.22. The first kappa shape index (κ1) is 21.8. The Balaban J connectivity index is 1.44. The first-order valence-electron chi connectivity index (χ1n) is 9.56. The molecule has 0 bridgehead atoms. The zero-order valence-electron chi connectivity index (χ0n) is 16.3. The van der Waals surface area contributed by atoms with Crippen molar-refractivity contribution >= 4 is 35.1 Å². The lowest BCUT2D eigenvalue weighted by atomic mass is 10.1. The molecule has 0 saturated heterocycles. The molecule has 3 N–H and O–H groups in total. The van der Waals surface area contributed by atoms with Gasteiger partial charge in [-0.15, -0.1) is 11.8 Å². The van der Waals surface area contributed by atoms with Crippen LogP contribution in [-0.4, -0.2) is 28.0 Å². The number of nitrogens with two attached hydrogens (primary N) is 1. The number of thioether (sulfide) groups is 1. The van der Waals surface area contributed by atoms with Gasteiger partial charge in [-0.1, -0.05) is 29.8 Å². The minimum absolute atomic E-state index is 0.00583. The van der Waals surface area contributed by atoms with E-state index < -0.39 is 0 Å². The number of para-hydroxylation sites is 1. The summed E-state index contributed by atoms with van der Waals surface area (Å²) in [7, 11) is 0. The molecule has 0 fully saturated rings. The molecule has 8 heteroatoms. The Kier molecular flexibility index (Phi) is 7.77. The van der Waals surface area contributed by atoms with E-state index in [1.165, 1.54) is 0 Å². The lowest BCUT2D eigenvalue weighted by molar-refractivity contribution is -0.120. The van der Waals surface area contributed by atoms with E-state index in [0.717, 1.165) is 10.6 Å². The lowest BCUT2D eigenvalue weighted by Gasteiger charge is -2.05. The highest BCUT2D eigenvalue weighted by atomic mass is 35.5. The van der Waals surface area contributed by atoms with Crippen molar-refractivity contribution in [2.75, 3.05) is 18.0 Å². The molecule has 3 rings (SSSR count). The Hall–Kier alpha value is -2.95. The number of nitrogen functional groups attached to an aromatic ring is 1. The number of aryl methyl sites for hydroxylation is 1. The number of nitrogens with one attached hydrogen (secondary N) is 1. The molecule has 0 aliphatic rings. The Morgan fingerprint density at radius 3 is 2.63 bits per heavy atom. The molecule has 1 heterocycles. The highest BCUT2D eigenvalue weighted by Gasteiger charge is 2.16. The molecule has 3 aromatic rings. The van der Waals surface area contributed by atoms with Crippen molar-refractivity contribution in [3.8, 4) is 11.8 Å². The van der Waals surface area contributed by atoms with Crippen LogP contribution in [0.3, 0.4) is 0 Å². The molecule has 0 aliphatic heterocycles. The number of amides is 1. The first-order valence-corrected chi connectivity index (χ1v) is 10.9. The van der Waals surface area contributed by atoms with E-state index >= 15 is 0 Å². The van der Waals surface area contributed by atoms with Gasteiger partial charge in [-0.3, -0.25) is 4.79 Å². The third-order valence-corrected chi connectivity index (χ3v) is 5.70. The van der Waals surface area contributed by atoms with Gasteiger partial charge in [-0.2, -0.15) is 10.4 Å². The number of aromatic nitrogens is 2. The Morgan fingerprint density at radius 2 is 1.93 bits per heavy atom. The van der Waals surface area contributed by atoms with Gasteiger partial charge in [0.25, 0.3) is 0 Å². The smallest absolute Gasteiger partial charge is 0.220 e. The third kappa shape index (κ3) is 5.78. The van der Waals surface area contributed by atoms with Gasteiger partial charge in [0.2, 0.25) is 5.91 Å². The van der Waals surface area contributed by atoms with Crippen molar-refractivity contribution in [2.24, 2.45) is 0 Å². The van der Waals surface area contributed by atoms with E-state index in [0.29, 0.717) is 53.7 Å². The second-order valence-corrected chi connectivity index (χ2v) is 8.18. The molecule has 30 heavy (non-hydrogen) atoms. The number of halogens is 1. The SMILES string of the molecule is N#Cc1c(CCCNC(=O)CCSc2ccc(Cl)cc2)nn(-c2ccccc2)c1N. The van der Waals surface area contributed by atoms with Crippen molar-refractivity contribution in [3.05, 3.63) is 70.9 Å². The van der Waals surface area contributed by atoms with Gasteiger partial charge >= 0.3 is 0 Å². The first-order chi connectivity index (χ1) is 14.6. The lowest BCUT2D eigenvalue weighted by Crippen LogP contribution is -2.25. The fraction of sp³-hybridized carbons (Fsp3) is 0.227. The van der Waals surface area contributed by atoms with E-state index in [4.69, 9.17) is 17.3 Å². The summed E-state index contributed by atoms with van der Waals surface area (Å²) in [5.41, 5.74) is 7.96. The average molecular weight is 440 g/mol. The van der Waals surface area contributed by atoms with Crippen LogP contribution < -0.4 is 11.1 Å². The monoisotopic (exact) mass is 439 g/mol. The van der Waals surface area contributed by atoms with Gasteiger partial charge < -0.3 is 11.1 Å². The molecule has 154 valence electrons. The maximum Gasteiger partial charge on any atom is 0.220 e. The molecule has 6 nitrogen and oxygen atoms in total. The van der Waals surface area contributed by atoms with Crippen LogP contribution in [0.15, 0.2) is 59.5 Å². The predicted molar refractivity (Wildman–Crippen MR) is 121 cm³/mol. The van der Waals surface area contributed by atoms with Gasteiger partial charge in [0, 0.05) is 28.6 Å². The summed E-state index contributed by atoms with van der Waals surface area (Å²) in [5, 5.41) is 17.6. The predicted octanol–water partition coefficient (Wildman–Crippen LogP) is 4.21. The van der Waals surface area contributed by atoms with Crippen molar-refractivity contribution < 1.29 is 4.79 Å². The van der Waals surface area contributed by atoms with E-state index in [1.807, 2.05) is 54.6 Å². The van der Waals surface area contributed by atoms with E-state index in [-0.39, 0.29) is 5.91 Å². The summed E-state index contributed by atoms with van der Waals surface area (Å²) < 4.78 is 1.58. The van der Waals surface area contributed by atoms with Crippen LogP contribution in [0.2, 0.25) is 5.02 Å². The molecule has 0 saturated carbocycles. The maximum absolute atomic E-state index is 12.0. The van der Waals surface area contributed by atoms with E-state index in [2.05, 4.69) is 16.5 Å². The molecule has 1 amide bonds. The normalized spacial score (nSPS) is 10.5. The van der Waals surface area contributed by atoms with Crippen LogP contribution in [0, 0.1) is 11.3 Å². The zero-order chi connectivity index (χ0) is 21.3. The van der Waals surface area contributed by atoms with Crippen molar-refractivity contribution in [1.29, 1.82) is 5.26 Å².